The van der Waals surface area contributed by atoms with Gasteiger partial charge in [-0.05, 0) is 23.4 Å². The first kappa shape index (κ1) is 12.7. The van der Waals surface area contributed by atoms with E-state index in [0.717, 1.165) is 0 Å². The molecule has 1 heterocycles. The van der Waals surface area contributed by atoms with E-state index in [1.807, 2.05) is 5.38 Å². The Morgan fingerprint density at radius 2 is 2.06 bits per heavy atom. The summed E-state index contributed by atoms with van der Waals surface area (Å²) in [5.74, 6) is -1.36. The lowest BCUT2D eigenvalue weighted by Gasteiger charge is -2.29. The Morgan fingerprint density at radius 1 is 1.44 bits per heavy atom. The number of thiophene rings is 1. The number of rotatable bonds is 4. The second-order valence-electron chi connectivity index (χ2n) is 3.87. The molecule has 1 aromatic heterocycles. The predicted octanol–water partition coefficient (Wildman–Crippen LogP) is 2.21. The van der Waals surface area contributed by atoms with Gasteiger partial charge in [0.1, 0.15) is 6.04 Å². The molecule has 0 bridgehead atoms. The summed E-state index contributed by atoms with van der Waals surface area (Å²) in [5.41, 5.74) is 0. The molecule has 0 radical (unpaired) electrons. The van der Waals surface area contributed by atoms with Crippen LogP contribution in [0.1, 0.15) is 20.8 Å². The lowest BCUT2D eigenvalue weighted by Crippen LogP contribution is -2.47. The van der Waals surface area contributed by atoms with Crippen molar-refractivity contribution in [2.24, 2.45) is 5.92 Å². The number of anilines is 1. The SMILES string of the molecule is CC(=O)N(c1cccs1)[C@H](C(=O)O)C(C)C. The van der Waals surface area contributed by atoms with Gasteiger partial charge in [0.05, 0.1) is 5.00 Å². The van der Waals surface area contributed by atoms with E-state index in [1.54, 1.807) is 26.0 Å². The molecule has 0 unspecified atom stereocenters. The minimum absolute atomic E-state index is 0.136. The molecular weight excluding hydrogens is 226 g/mol. The van der Waals surface area contributed by atoms with Crippen molar-refractivity contribution in [1.29, 1.82) is 0 Å². The molecule has 1 N–H and O–H groups in total. The molecule has 0 aliphatic heterocycles. The normalized spacial score (nSPS) is 12.5. The van der Waals surface area contributed by atoms with Crippen LogP contribution in [0.25, 0.3) is 0 Å². The van der Waals surface area contributed by atoms with Gasteiger partial charge in [0, 0.05) is 6.92 Å². The van der Waals surface area contributed by atoms with Crippen LogP contribution in [0.15, 0.2) is 17.5 Å². The number of hydrogen-bond donors (Lipinski definition) is 1. The Morgan fingerprint density at radius 3 is 2.38 bits per heavy atom. The maximum Gasteiger partial charge on any atom is 0.327 e. The van der Waals surface area contributed by atoms with E-state index in [9.17, 15) is 14.7 Å². The molecule has 0 spiro atoms. The molecule has 0 saturated carbocycles. The van der Waals surface area contributed by atoms with Gasteiger partial charge in [0.15, 0.2) is 0 Å². The van der Waals surface area contributed by atoms with Crippen LogP contribution in [-0.4, -0.2) is 23.0 Å². The van der Waals surface area contributed by atoms with Crippen molar-refractivity contribution in [1.82, 2.24) is 0 Å². The van der Waals surface area contributed by atoms with Crippen LogP contribution < -0.4 is 4.90 Å². The zero-order valence-electron chi connectivity index (χ0n) is 9.51. The summed E-state index contributed by atoms with van der Waals surface area (Å²) in [4.78, 5) is 24.1. The Labute approximate surface area is 98.5 Å². The van der Waals surface area contributed by atoms with Crippen LogP contribution in [0.2, 0.25) is 0 Å². The van der Waals surface area contributed by atoms with Gasteiger partial charge in [0.2, 0.25) is 5.91 Å². The first-order chi connectivity index (χ1) is 7.45. The molecule has 16 heavy (non-hydrogen) atoms. The van der Waals surface area contributed by atoms with Crippen molar-refractivity contribution in [3.63, 3.8) is 0 Å². The third-order valence-corrected chi connectivity index (χ3v) is 3.11. The molecule has 1 rings (SSSR count). The van der Waals surface area contributed by atoms with Crippen molar-refractivity contribution in [2.45, 2.75) is 26.8 Å². The third-order valence-electron chi connectivity index (χ3n) is 2.25. The number of aliphatic carboxylic acids is 1. The van der Waals surface area contributed by atoms with Gasteiger partial charge in [-0.2, -0.15) is 0 Å². The van der Waals surface area contributed by atoms with Crippen molar-refractivity contribution < 1.29 is 14.7 Å². The van der Waals surface area contributed by atoms with Crippen molar-refractivity contribution in [2.75, 3.05) is 4.90 Å². The highest BCUT2D eigenvalue weighted by molar-refractivity contribution is 7.14. The number of carbonyl (C=O) groups is 2. The average molecular weight is 241 g/mol. The van der Waals surface area contributed by atoms with Gasteiger partial charge in [0.25, 0.3) is 0 Å². The van der Waals surface area contributed by atoms with Crippen LogP contribution in [0, 0.1) is 5.92 Å². The Kier molecular flexibility index (Phi) is 4.06. The van der Waals surface area contributed by atoms with E-state index in [-0.39, 0.29) is 11.8 Å². The Bertz CT molecular complexity index is 373. The lowest BCUT2D eigenvalue weighted by molar-refractivity contribution is -0.141. The van der Waals surface area contributed by atoms with E-state index in [4.69, 9.17) is 0 Å². The number of carboxylic acid groups (broad SMARTS) is 1. The molecule has 0 aliphatic rings. The highest BCUT2D eigenvalue weighted by Crippen LogP contribution is 2.26. The summed E-state index contributed by atoms with van der Waals surface area (Å²) in [7, 11) is 0. The smallest absolute Gasteiger partial charge is 0.327 e. The highest BCUT2D eigenvalue weighted by atomic mass is 32.1. The quantitative estimate of drug-likeness (QED) is 0.879. The van der Waals surface area contributed by atoms with Crippen LogP contribution in [0.5, 0.6) is 0 Å². The Balaban J connectivity index is 3.10. The van der Waals surface area contributed by atoms with Gasteiger partial charge in [-0.3, -0.25) is 9.69 Å². The topological polar surface area (TPSA) is 57.6 Å². The first-order valence-corrected chi connectivity index (χ1v) is 5.89. The van der Waals surface area contributed by atoms with Crippen molar-refractivity contribution in [3.8, 4) is 0 Å². The fourth-order valence-electron chi connectivity index (χ4n) is 1.59. The summed E-state index contributed by atoms with van der Waals surface area (Å²) < 4.78 is 0. The minimum Gasteiger partial charge on any atom is -0.480 e. The number of amides is 1. The summed E-state index contributed by atoms with van der Waals surface area (Å²) in [6.45, 7) is 4.97. The standard InChI is InChI=1S/C11H15NO3S/c1-7(2)10(11(14)15)12(8(3)13)9-5-4-6-16-9/h4-7,10H,1-3H3,(H,14,15)/t10-/m0/s1. The largest absolute Gasteiger partial charge is 0.480 e. The molecule has 0 aliphatic carbocycles. The van der Waals surface area contributed by atoms with Gasteiger partial charge in [-0.15, -0.1) is 11.3 Å². The van der Waals surface area contributed by atoms with E-state index >= 15 is 0 Å². The monoisotopic (exact) mass is 241 g/mol. The summed E-state index contributed by atoms with van der Waals surface area (Å²) in [5, 5.41) is 11.7. The maximum atomic E-state index is 11.6. The molecule has 5 heteroatoms. The minimum atomic E-state index is -0.974. The van der Waals surface area contributed by atoms with Crippen LogP contribution in [0.4, 0.5) is 5.00 Å². The van der Waals surface area contributed by atoms with Crippen molar-refractivity contribution in [3.05, 3.63) is 17.5 Å². The molecule has 1 atom stereocenters. The van der Waals surface area contributed by atoms with Crippen LogP contribution in [-0.2, 0) is 9.59 Å². The maximum absolute atomic E-state index is 11.6. The first-order valence-electron chi connectivity index (χ1n) is 5.01. The highest BCUT2D eigenvalue weighted by Gasteiger charge is 2.32. The molecule has 1 amide bonds. The van der Waals surface area contributed by atoms with Crippen LogP contribution >= 0.6 is 11.3 Å². The predicted molar refractivity (Wildman–Crippen MR) is 63.7 cm³/mol. The average Bonchev–Trinajstić information content (AvgIpc) is 2.64. The molecule has 0 fully saturated rings. The fraction of sp³-hybridized carbons (Fsp3) is 0.455. The van der Waals surface area contributed by atoms with E-state index < -0.39 is 12.0 Å². The zero-order chi connectivity index (χ0) is 12.3. The van der Waals surface area contributed by atoms with E-state index in [2.05, 4.69) is 0 Å². The lowest BCUT2D eigenvalue weighted by atomic mass is 10.0. The Hall–Kier alpha value is -1.36. The van der Waals surface area contributed by atoms with Crippen molar-refractivity contribution >= 4 is 28.2 Å². The van der Waals surface area contributed by atoms with Crippen LogP contribution in [0.3, 0.4) is 0 Å². The summed E-state index contributed by atoms with van der Waals surface area (Å²) >= 11 is 1.36. The number of carboxylic acids is 1. The summed E-state index contributed by atoms with van der Waals surface area (Å²) in [6.07, 6.45) is 0. The number of nitrogens with zero attached hydrogens (tertiary/aromatic N) is 1. The van der Waals surface area contributed by atoms with E-state index in [1.165, 1.54) is 23.2 Å². The second kappa shape index (κ2) is 5.12. The number of carbonyl (C=O) groups excluding carboxylic acids is 1. The second-order valence-corrected chi connectivity index (χ2v) is 4.79. The van der Waals surface area contributed by atoms with Gasteiger partial charge >= 0.3 is 5.97 Å². The van der Waals surface area contributed by atoms with Gasteiger partial charge in [-0.1, -0.05) is 13.8 Å². The molecule has 88 valence electrons. The number of hydrogen-bond acceptors (Lipinski definition) is 3. The molecule has 0 saturated heterocycles. The zero-order valence-corrected chi connectivity index (χ0v) is 10.3. The molecule has 0 aromatic carbocycles. The van der Waals surface area contributed by atoms with Gasteiger partial charge in [-0.25, -0.2) is 4.79 Å². The summed E-state index contributed by atoms with van der Waals surface area (Å²) in [6, 6.07) is 2.75. The van der Waals surface area contributed by atoms with Gasteiger partial charge < -0.3 is 5.11 Å². The fourth-order valence-corrected chi connectivity index (χ4v) is 2.40. The molecule has 1 aromatic rings. The molecular formula is C11H15NO3S. The third kappa shape index (κ3) is 2.61. The molecule has 4 nitrogen and oxygen atoms in total. The van der Waals surface area contributed by atoms with E-state index in [0.29, 0.717) is 5.00 Å².